The van der Waals surface area contributed by atoms with Crippen molar-refractivity contribution in [2.75, 3.05) is 13.7 Å². The van der Waals surface area contributed by atoms with Crippen molar-refractivity contribution in [1.29, 1.82) is 0 Å². The molecule has 2 aromatic heterocycles. The van der Waals surface area contributed by atoms with E-state index in [0.717, 1.165) is 33.8 Å². The fraction of sp³-hybridized carbons (Fsp3) is 0.412. The fourth-order valence-electron chi connectivity index (χ4n) is 3.39. The fourth-order valence-corrected chi connectivity index (χ4v) is 4.38. The second-order valence-electron chi connectivity index (χ2n) is 6.08. The zero-order valence-electron chi connectivity index (χ0n) is 13.3. The third-order valence-electron chi connectivity index (χ3n) is 4.66. The Kier molecular flexibility index (Phi) is 3.58. The molecular formula is C17H19N3O2S. The number of ether oxygens (including phenoxy) is 1. The van der Waals surface area contributed by atoms with Gasteiger partial charge < -0.3 is 9.72 Å². The Morgan fingerprint density at radius 2 is 2.35 bits per heavy atom. The van der Waals surface area contributed by atoms with Gasteiger partial charge in [0.05, 0.1) is 24.4 Å². The lowest BCUT2D eigenvalue weighted by atomic mass is 10.1. The van der Waals surface area contributed by atoms with E-state index in [1.165, 1.54) is 12.8 Å². The largest absolute Gasteiger partial charge is 0.496 e. The van der Waals surface area contributed by atoms with E-state index < -0.39 is 0 Å². The van der Waals surface area contributed by atoms with E-state index in [1.807, 2.05) is 18.2 Å². The summed E-state index contributed by atoms with van der Waals surface area (Å²) in [5.74, 6) is 0.699. The van der Waals surface area contributed by atoms with Gasteiger partial charge in [-0.3, -0.25) is 9.69 Å². The van der Waals surface area contributed by atoms with Crippen molar-refractivity contribution in [2.45, 2.75) is 32.4 Å². The standard InChI is InChI=1S/C17H19N3O2S/c1-10-5-4-8-20(10)9-13-18-15-14-11(6-3-7-12(14)22-2)16(21)19-17(15)23-13/h3,6-7,10H,4-5,8-9H2,1-2H3,(H,19,21). The monoisotopic (exact) mass is 329 g/mol. The van der Waals surface area contributed by atoms with E-state index >= 15 is 0 Å². The summed E-state index contributed by atoms with van der Waals surface area (Å²) in [5.41, 5.74) is 0.750. The number of hydrogen-bond acceptors (Lipinski definition) is 5. The van der Waals surface area contributed by atoms with Crippen LogP contribution >= 0.6 is 11.3 Å². The Balaban J connectivity index is 1.87. The van der Waals surface area contributed by atoms with E-state index in [0.29, 0.717) is 17.2 Å². The molecule has 0 saturated carbocycles. The van der Waals surface area contributed by atoms with Crippen molar-refractivity contribution in [3.8, 4) is 5.75 Å². The maximum atomic E-state index is 12.3. The summed E-state index contributed by atoms with van der Waals surface area (Å²) >= 11 is 1.57. The van der Waals surface area contributed by atoms with Gasteiger partial charge in [0.25, 0.3) is 5.56 Å². The van der Waals surface area contributed by atoms with Crippen LogP contribution in [0.15, 0.2) is 23.0 Å². The Hall–Kier alpha value is -1.92. The maximum Gasteiger partial charge on any atom is 0.257 e. The number of H-pyrrole nitrogens is 1. The lowest BCUT2D eigenvalue weighted by Gasteiger charge is -2.18. The number of rotatable bonds is 3. The van der Waals surface area contributed by atoms with Gasteiger partial charge in [-0.15, -0.1) is 0 Å². The van der Waals surface area contributed by atoms with Crippen molar-refractivity contribution in [2.24, 2.45) is 0 Å². The molecule has 120 valence electrons. The van der Waals surface area contributed by atoms with Gasteiger partial charge >= 0.3 is 0 Å². The van der Waals surface area contributed by atoms with Crippen LogP contribution in [0.4, 0.5) is 0 Å². The highest BCUT2D eigenvalue weighted by Gasteiger charge is 2.22. The molecule has 1 aromatic carbocycles. The highest BCUT2D eigenvalue weighted by atomic mass is 32.1. The number of likely N-dealkylation sites (tertiary alicyclic amines) is 1. The SMILES string of the molecule is COc1cccc2c(=O)[nH]c3sc(CN4CCCC4C)nc3c12. The molecule has 1 unspecified atom stereocenters. The molecular weight excluding hydrogens is 310 g/mol. The number of thiazole rings is 1. The quantitative estimate of drug-likeness (QED) is 0.802. The third kappa shape index (κ3) is 2.42. The van der Waals surface area contributed by atoms with E-state index in [1.54, 1.807) is 18.4 Å². The number of hydrogen-bond donors (Lipinski definition) is 1. The number of benzene rings is 1. The van der Waals surface area contributed by atoms with Crippen LogP contribution in [0.1, 0.15) is 24.8 Å². The number of methoxy groups -OCH3 is 1. The molecule has 1 N–H and O–H groups in total. The lowest BCUT2D eigenvalue weighted by molar-refractivity contribution is 0.260. The lowest BCUT2D eigenvalue weighted by Crippen LogP contribution is -2.25. The normalized spacial score (nSPS) is 19.0. The molecule has 1 fully saturated rings. The Bertz CT molecular complexity index is 931. The van der Waals surface area contributed by atoms with Crippen LogP contribution in [-0.4, -0.2) is 34.6 Å². The molecule has 0 radical (unpaired) electrons. The van der Waals surface area contributed by atoms with Gasteiger partial charge in [0.15, 0.2) is 0 Å². The van der Waals surface area contributed by atoms with E-state index in [4.69, 9.17) is 9.72 Å². The average molecular weight is 329 g/mol. The zero-order valence-corrected chi connectivity index (χ0v) is 14.1. The van der Waals surface area contributed by atoms with Crippen molar-refractivity contribution in [1.82, 2.24) is 14.9 Å². The first-order valence-corrected chi connectivity index (χ1v) is 8.71. The van der Waals surface area contributed by atoms with Gasteiger partial charge in [-0.2, -0.15) is 0 Å². The van der Waals surface area contributed by atoms with Crippen molar-refractivity contribution < 1.29 is 4.74 Å². The molecule has 3 aromatic rings. The Labute approximate surface area is 137 Å². The summed E-state index contributed by atoms with van der Waals surface area (Å²) in [6, 6.07) is 6.13. The highest BCUT2D eigenvalue weighted by molar-refractivity contribution is 7.18. The van der Waals surface area contributed by atoms with Gasteiger partial charge in [0, 0.05) is 6.04 Å². The van der Waals surface area contributed by atoms with Gasteiger partial charge in [-0.05, 0) is 38.4 Å². The molecule has 0 aliphatic carbocycles. The Morgan fingerprint density at radius 3 is 3.09 bits per heavy atom. The molecule has 0 spiro atoms. The minimum Gasteiger partial charge on any atom is -0.496 e. The summed E-state index contributed by atoms with van der Waals surface area (Å²) in [6.45, 7) is 4.23. The summed E-state index contributed by atoms with van der Waals surface area (Å²) in [4.78, 5) is 23.4. The van der Waals surface area contributed by atoms with Crippen molar-refractivity contribution in [3.05, 3.63) is 33.6 Å². The van der Waals surface area contributed by atoms with Crippen LogP contribution in [0, 0.1) is 0 Å². The molecule has 1 atom stereocenters. The topological polar surface area (TPSA) is 58.2 Å². The van der Waals surface area contributed by atoms with E-state index in [2.05, 4.69) is 16.8 Å². The number of pyridine rings is 1. The van der Waals surface area contributed by atoms with Crippen LogP contribution in [0.2, 0.25) is 0 Å². The molecule has 0 bridgehead atoms. The molecule has 0 amide bonds. The number of aromatic nitrogens is 2. The smallest absolute Gasteiger partial charge is 0.257 e. The van der Waals surface area contributed by atoms with Crippen LogP contribution in [0.25, 0.3) is 21.1 Å². The minimum absolute atomic E-state index is 0.0869. The average Bonchev–Trinajstić information content (AvgIpc) is 3.13. The maximum absolute atomic E-state index is 12.3. The van der Waals surface area contributed by atoms with Gasteiger partial charge in [0.2, 0.25) is 0 Å². The number of fused-ring (bicyclic) bond motifs is 3. The summed E-state index contributed by atoms with van der Waals surface area (Å²) in [7, 11) is 1.63. The predicted molar refractivity (Wildman–Crippen MR) is 93.4 cm³/mol. The molecule has 5 nitrogen and oxygen atoms in total. The van der Waals surface area contributed by atoms with Gasteiger partial charge in [-0.25, -0.2) is 4.98 Å². The molecule has 1 aliphatic rings. The number of nitrogens with one attached hydrogen (secondary N) is 1. The first kappa shape index (κ1) is 14.7. The zero-order chi connectivity index (χ0) is 16.0. The molecule has 4 rings (SSSR count). The van der Waals surface area contributed by atoms with Crippen molar-refractivity contribution in [3.63, 3.8) is 0 Å². The van der Waals surface area contributed by atoms with Crippen LogP contribution < -0.4 is 10.3 Å². The number of nitrogens with zero attached hydrogens (tertiary/aromatic N) is 2. The number of aromatic amines is 1. The van der Waals surface area contributed by atoms with E-state index in [9.17, 15) is 4.79 Å². The van der Waals surface area contributed by atoms with Crippen molar-refractivity contribution >= 4 is 32.5 Å². The van der Waals surface area contributed by atoms with Crippen LogP contribution in [0.3, 0.4) is 0 Å². The second kappa shape index (κ2) is 5.62. The molecule has 1 aliphatic heterocycles. The van der Waals surface area contributed by atoms with Gasteiger partial charge in [-0.1, -0.05) is 17.4 Å². The van der Waals surface area contributed by atoms with Gasteiger partial charge in [0.1, 0.15) is 21.1 Å². The Morgan fingerprint density at radius 1 is 1.48 bits per heavy atom. The first-order valence-electron chi connectivity index (χ1n) is 7.90. The summed E-state index contributed by atoms with van der Waals surface area (Å²) in [6.07, 6.45) is 2.50. The van der Waals surface area contributed by atoms with E-state index in [-0.39, 0.29) is 5.56 Å². The summed E-state index contributed by atoms with van der Waals surface area (Å²) in [5, 5.41) is 2.48. The highest BCUT2D eigenvalue weighted by Crippen LogP contribution is 2.32. The minimum atomic E-state index is -0.0869. The molecule has 3 heterocycles. The van der Waals surface area contributed by atoms with Crippen LogP contribution in [-0.2, 0) is 6.54 Å². The summed E-state index contributed by atoms with van der Waals surface area (Å²) < 4.78 is 5.45. The van der Waals surface area contributed by atoms with Crippen LogP contribution in [0.5, 0.6) is 5.75 Å². The predicted octanol–water partition coefficient (Wildman–Crippen LogP) is 3.13. The third-order valence-corrected chi connectivity index (χ3v) is 5.61. The first-order chi connectivity index (χ1) is 11.2. The molecule has 23 heavy (non-hydrogen) atoms. The second-order valence-corrected chi connectivity index (χ2v) is 7.17. The molecule has 6 heteroatoms. The molecule has 1 saturated heterocycles.